The van der Waals surface area contributed by atoms with Crippen molar-refractivity contribution in [1.82, 2.24) is 0 Å². The molecule has 3 rings (SSSR count). The molecule has 1 atom stereocenters. The van der Waals surface area contributed by atoms with E-state index in [0.29, 0.717) is 27.9 Å². The molecule has 0 unspecified atom stereocenters. The molecule has 0 aromatic heterocycles. The van der Waals surface area contributed by atoms with Crippen molar-refractivity contribution in [1.29, 1.82) is 0 Å². The minimum Gasteiger partial charge on any atom is -0.484 e. The van der Waals surface area contributed by atoms with Crippen LogP contribution in [-0.4, -0.2) is 31.6 Å². The zero-order valence-electron chi connectivity index (χ0n) is 15.6. The summed E-state index contributed by atoms with van der Waals surface area (Å²) in [5, 5.41) is 3.46. The second-order valence-corrected chi connectivity index (χ2v) is 6.93. The Kier molecular flexibility index (Phi) is 5.28. The van der Waals surface area contributed by atoms with Gasteiger partial charge in [0.15, 0.2) is 12.7 Å². The Balaban J connectivity index is 1.66. The van der Waals surface area contributed by atoms with Gasteiger partial charge in [-0.15, -0.1) is 0 Å². The molecule has 2 aromatic rings. The van der Waals surface area contributed by atoms with Crippen LogP contribution < -0.4 is 19.7 Å². The van der Waals surface area contributed by atoms with Crippen LogP contribution in [-0.2, 0) is 9.59 Å². The lowest BCUT2D eigenvalue weighted by molar-refractivity contribution is -0.125. The molecule has 1 aliphatic rings. The zero-order valence-corrected chi connectivity index (χ0v) is 16.4. The first kappa shape index (κ1) is 19.0. The summed E-state index contributed by atoms with van der Waals surface area (Å²) in [4.78, 5) is 25.8. The van der Waals surface area contributed by atoms with Crippen LogP contribution in [0.4, 0.5) is 11.4 Å². The molecule has 0 aliphatic carbocycles. The molecule has 0 saturated heterocycles. The van der Waals surface area contributed by atoms with Crippen molar-refractivity contribution >= 4 is 34.8 Å². The van der Waals surface area contributed by atoms with Gasteiger partial charge in [0.2, 0.25) is 0 Å². The molecule has 0 saturated carbocycles. The van der Waals surface area contributed by atoms with E-state index in [2.05, 4.69) is 5.32 Å². The van der Waals surface area contributed by atoms with Gasteiger partial charge in [-0.05, 0) is 62.2 Å². The van der Waals surface area contributed by atoms with Crippen molar-refractivity contribution < 1.29 is 19.1 Å². The van der Waals surface area contributed by atoms with Crippen molar-refractivity contribution in [3.8, 4) is 11.5 Å². The SMILES string of the molecule is Cc1cc(OCC(=O)Nc2ccc3c(c2)N(C)C(=O)[C@H](C)O3)cc(C)c1Cl. The summed E-state index contributed by atoms with van der Waals surface area (Å²) >= 11 is 6.14. The highest BCUT2D eigenvalue weighted by Crippen LogP contribution is 2.35. The monoisotopic (exact) mass is 388 g/mol. The summed E-state index contributed by atoms with van der Waals surface area (Å²) in [6.07, 6.45) is -0.525. The molecule has 0 bridgehead atoms. The molecule has 2 aromatic carbocycles. The quantitative estimate of drug-likeness (QED) is 0.866. The molecule has 7 heteroatoms. The van der Waals surface area contributed by atoms with Gasteiger partial charge in [0.1, 0.15) is 11.5 Å². The zero-order chi connectivity index (χ0) is 19.7. The van der Waals surface area contributed by atoms with Crippen molar-refractivity contribution in [2.75, 3.05) is 23.9 Å². The molecule has 0 spiro atoms. The van der Waals surface area contributed by atoms with Crippen LogP contribution in [0.3, 0.4) is 0 Å². The Morgan fingerprint density at radius 2 is 1.93 bits per heavy atom. The summed E-state index contributed by atoms with van der Waals surface area (Å²) in [5.74, 6) is 0.746. The highest BCUT2D eigenvalue weighted by molar-refractivity contribution is 6.32. The van der Waals surface area contributed by atoms with Gasteiger partial charge >= 0.3 is 0 Å². The normalized spacial score (nSPS) is 15.8. The fourth-order valence-electron chi connectivity index (χ4n) is 2.92. The number of aryl methyl sites for hydroxylation is 2. The summed E-state index contributed by atoms with van der Waals surface area (Å²) in [7, 11) is 1.68. The average molecular weight is 389 g/mol. The number of hydrogen-bond acceptors (Lipinski definition) is 4. The number of nitrogens with zero attached hydrogens (tertiary/aromatic N) is 1. The maximum absolute atomic E-state index is 12.2. The molecular weight excluding hydrogens is 368 g/mol. The van der Waals surface area contributed by atoms with Crippen LogP contribution in [0.2, 0.25) is 5.02 Å². The van der Waals surface area contributed by atoms with E-state index in [1.54, 1.807) is 44.3 Å². The third-order valence-corrected chi connectivity index (χ3v) is 4.96. The van der Waals surface area contributed by atoms with Gasteiger partial charge in [-0.3, -0.25) is 9.59 Å². The number of halogens is 1. The Bertz CT molecular complexity index is 890. The van der Waals surface area contributed by atoms with Gasteiger partial charge in [0, 0.05) is 17.8 Å². The van der Waals surface area contributed by atoms with Gasteiger partial charge < -0.3 is 19.7 Å². The van der Waals surface area contributed by atoms with Crippen molar-refractivity contribution in [2.45, 2.75) is 26.9 Å². The first-order chi connectivity index (χ1) is 12.8. The van der Waals surface area contributed by atoms with Crippen LogP contribution in [0, 0.1) is 13.8 Å². The van der Waals surface area contributed by atoms with E-state index in [0.717, 1.165) is 11.1 Å². The molecular formula is C20H21ClN2O4. The molecule has 1 N–H and O–H groups in total. The van der Waals surface area contributed by atoms with E-state index in [1.807, 2.05) is 13.8 Å². The topological polar surface area (TPSA) is 67.9 Å². The summed E-state index contributed by atoms with van der Waals surface area (Å²) < 4.78 is 11.1. The number of rotatable bonds is 4. The van der Waals surface area contributed by atoms with Gasteiger partial charge in [0.25, 0.3) is 11.8 Å². The van der Waals surface area contributed by atoms with E-state index >= 15 is 0 Å². The Morgan fingerprint density at radius 3 is 2.59 bits per heavy atom. The molecule has 1 aliphatic heterocycles. The van der Waals surface area contributed by atoms with Crippen LogP contribution in [0.25, 0.3) is 0 Å². The number of amides is 2. The fraction of sp³-hybridized carbons (Fsp3) is 0.300. The molecule has 27 heavy (non-hydrogen) atoms. The maximum Gasteiger partial charge on any atom is 0.267 e. The number of carbonyl (C=O) groups excluding carboxylic acids is 2. The van der Waals surface area contributed by atoms with E-state index in [-0.39, 0.29) is 18.4 Å². The Hall–Kier alpha value is -2.73. The van der Waals surface area contributed by atoms with Gasteiger partial charge in [-0.2, -0.15) is 0 Å². The predicted molar refractivity (Wildman–Crippen MR) is 105 cm³/mol. The van der Waals surface area contributed by atoms with Gasteiger partial charge in [-0.1, -0.05) is 11.6 Å². The largest absolute Gasteiger partial charge is 0.484 e. The number of anilines is 2. The first-order valence-electron chi connectivity index (χ1n) is 8.54. The molecule has 142 valence electrons. The maximum atomic E-state index is 12.2. The molecule has 6 nitrogen and oxygen atoms in total. The number of ether oxygens (including phenoxy) is 2. The number of benzene rings is 2. The van der Waals surface area contributed by atoms with Crippen LogP contribution in [0.15, 0.2) is 30.3 Å². The number of likely N-dealkylation sites (N-methyl/N-ethyl adjacent to an activating group) is 1. The number of carbonyl (C=O) groups is 2. The first-order valence-corrected chi connectivity index (χ1v) is 8.91. The van der Waals surface area contributed by atoms with Crippen molar-refractivity contribution in [3.05, 3.63) is 46.5 Å². The van der Waals surface area contributed by atoms with E-state index < -0.39 is 6.10 Å². The molecule has 0 radical (unpaired) electrons. The highest BCUT2D eigenvalue weighted by atomic mass is 35.5. The second-order valence-electron chi connectivity index (χ2n) is 6.55. The molecule has 2 amide bonds. The second kappa shape index (κ2) is 7.48. The standard InChI is InChI=1S/C20H21ClN2O4/c1-11-7-15(8-12(2)19(11)21)26-10-18(24)22-14-5-6-17-16(9-14)23(4)20(25)13(3)27-17/h5-9,13H,10H2,1-4H3,(H,22,24)/t13-/m0/s1. The lowest BCUT2D eigenvalue weighted by Crippen LogP contribution is -2.42. The molecule has 0 fully saturated rings. The summed E-state index contributed by atoms with van der Waals surface area (Å²) in [6.45, 7) is 5.33. The van der Waals surface area contributed by atoms with Gasteiger partial charge in [-0.25, -0.2) is 0 Å². The van der Waals surface area contributed by atoms with E-state index in [9.17, 15) is 9.59 Å². The lowest BCUT2D eigenvalue weighted by atomic mass is 10.1. The minimum absolute atomic E-state index is 0.136. The Labute approximate surface area is 163 Å². The van der Waals surface area contributed by atoms with Crippen LogP contribution in [0.5, 0.6) is 11.5 Å². The number of fused-ring (bicyclic) bond motifs is 1. The Morgan fingerprint density at radius 1 is 1.26 bits per heavy atom. The fourth-order valence-corrected chi connectivity index (χ4v) is 3.03. The molecule has 1 heterocycles. The lowest BCUT2D eigenvalue weighted by Gasteiger charge is -2.30. The van der Waals surface area contributed by atoms with Crippen molar-refractivity contribution in [2.24, 2.45) is 0 Å². The van der Waals surface area contributed by atoms with E-state index in [1.165, 1.54) is 4.90 Å². The number of hydrogen-bond donors (Lipinski definition) is 1. The predicted octanol–water partition coefficient (Wildman–Crippen LogP) is 3.72. The highest BCUT2D eigenvalue weighted by Gasteiger charge is 2.29. The third kappa shape index (κ3) is 4.01. The van der Waals surface area contributed by atoms with Gasteiger partial charge in [0.05, 0.1) is 5.69 Å². The van der Waals surface area contributed by atoms with Crippen LogP contribution >= 0.6 is 11.6 Å². The number of nitrogens with one attached hydrogen (secondary N) is 1. The third-order valence-electron chi connectivity index (χ3n) is 4.37. The van der Waals surface area contributed by atoms with E-state index in [4.69, 9.17) is 21.1 Å². The van der Waals surface area contributed by atoms with Crippen molar-refractivity contribution in [3.63, 3.8) is 0 Å². The van der Waals surface area contributed by atoms with Crippen LogP contribution in [0.1, 0.15) is 18.1 Å². The average Bonchev–Trinajstić information content (AvgIpc) is 2.63. The minimum atomic E-state index is -0.525. The summed E-state index contributed by atoms with van der Waals surface area (Å²) in [5.41, 5.74) is 2.96. The smallest absolute Gasteiger partial charge is 0.267 e. The summed E-state index contributed by atoms with van der Waals surface area (Å²) in [6, 6.07) is 8.75.